The Morgan fingerprint density at radius 1 is 0.969 bits per heavy atom. The number of nitrogens with one attached hydrogen (secondary N) is 2. The van der Waals surface area contributed by atoms with Crippen molar-refractivity contribution >= 4 is 21.9 Å². The van der Waals surface area contributed by atoms with Crippen molar-refractivity contribution < 1.29 is 4.39 Å². The van der Waals surface area contributed by atoms with Crippen molar-refractivity contribution in [3.05, 3.63) is 66.8 Å². The molecule has 0 unspecified atom stereocenters. The van der Waals surface area contributed by atoms with Gasteiger partial charge in [-0.05, 0) is 30.7 Å². The number of halogens is 1. The zero-order chi connectivity index (χ0) is 21.8. The highest BCUT2D eigenvalue weighted by atomic mass is 19.1. The highest BCUT2D eigenvalue weighted by Crippen LogP contribution is 2.32. The van der Waals surface area contributed by atoms with Gasteiger partial charge in [0, 0.05) is 24.2 Å². The summed E-state index contributed by atoms with van der Waals surface area (Å²) in [5.41, 5.74) is 6.38. The summed E-state index contributed by atoms with van der Waals surface area (Å²) < 4.78 is 15.4. The van der Waals surface area contributed by atoms with Gasteiger partial charge >= 0.3 is 0 Å². The molecule has 0 saturated carbocycles. The molecule has 0 bridgehead atoms. The predicted octanol–water partition coefficient (Wildman–Crippen LogP) is 4.41. The van der Waals surface area contributed by atoms with Crippen molar-refractivity contribution in [3.8, 4) is 34.0 Å². The minimum Gasteiger partial charge on any atom is -0.335 e. The van der Waals surface area contributed by atoms with Crippen LogP contribution in [0.2, 0.25) is 0 Å². The summed E-state index contributed by atoms with van der Waals surface area (Å²) in [4.78, 5) is 21.4. The smallest absolute Gasteiger partial charge is 0.159 e. The fraction of sp³-hybridized carbons (Fsp3) is 0.0870. The molecule has 0 atom stereocenters. The first-order valence-corrected chi connectivity index (χ1v) is 10.0. The Balaban J connectivity index is 1.51. The third kappa shape index (κ3) is 2.78. The van der Waals surface area contributed by atoms with Crippen LogP contribution in [0.5, 0.6) is 0 Å². The number of aryl methyl sites for hydroxylation is 1. The third-order valence-corrected chi connectivity index (χ3v) is 5.70. The van der Waals surface area contributed by atoms with Gasteiger partial charge in [-0.15, -0.1) is 0 Å². The molecule has 156 valence electrons. The molecule has 0 aliphatic rings. The SMILES string of the molecule is Cc1ncc(-c2cc3c(-c4nc5c(-c6ccc(F)cc6)cncc5[nH]4)n[nH]c3cn2)n1C. The summed E-state index contributed by atoms with van der Waals surface area (Å²) in [6.45, 7) is 1.95. The van der Waals surface area contributed by atoms with Gasteiger partial charge < -0.3 is 9.55 Å². The van der Waals surface area contributed by atoms with Gasteiger partial charge in [0.05, 0.1) is 46.5 Å². The number of benzene rings is 1. The minimum absolute atomic E-state index is 0.285. The number of nitrogens with zero attached hydrogens (tertiary/aromatic N) is 6. The number of H-pyrrole nitrogens is 2. The number of aromatic amines is 2. The van der Waals surface area contributed by atoms with Crippen molar-refractivity contribution in [2.45, 2.75) is 6.92 Å². The first-order chi connectivity index (χ1) is 15.6. The molecule has 6 aromatic rings. The van der Waals surface area contributed by atoms with E-state index < -0.39 is 0 Å². The maximum atomic E-state index is 13.4. The molecule has 2 N–H and O–H groups in total. The second kappa shape index (κ2) is 6.81. The van der Waals surface area contributed by atoms with Crippen molar-refractivity contribution in [2.75, 3.05) is 0 Å². The van der Waals surface area contributed by atoms with E-state index >= 15 is 0 Å². The Bertz CT molecular complexity index is 1610. The molecule has 6 rings (SSSR count). The predicted molar refractivity (Wildman–Crippen MR) is 119 cm³/mol. The summed E-state index contributed by atoms with van der Waals surface area (Å²) in [7, 11) is 1.96. The quantitative estimate of drug-likeness (QED) is 0.438. The third-order valence-electron chi connectivity index (χ3n) is 5.70. The van der Waals surface area contributed by atoms with Gasteiger partial charge in [0.15, 0.2) is 5.82 Å². The van der Waals surface area contributed by atoms with Crippen LogP contribution in [-0.4, -0.2) is 39.7 Å². The van der Waals surface area contributed by atoms with Crippen LogP contribution in [0.4, 0.5) is 4.39 Å². The van der Waals surface area contributed by atoms with Crippen LogP contribution in [0.1, 0.15) is 5.82 Å². The lowest BCUT2D eigenvalue weighted by atomic mass is 10.1. The molecule has 32 heavy (non-hydrogen) atoms. The molecular formula is C23H17FN8. The lowest BCUT2D eigenvalue weighted by Gasteiger charge is -2.03. The maximum Gasteiger partial charge on any atom is 0.159 e. The Kier molecular flexibility index (Phi) is 3.91. The lowest BCUT2D eigenvalue weighted by Crippen LogP contribution is -1.95. The first kappa shape index (κ1) is 18.4. The zero-order valence-electron chi connectivity index (χ0n) is 17.3. The molecule has 8 nitrogen and oxygen atoms in total. The van der Waals surface area contributed by atoms with E-state index in [1.807, 2.05) is 30.8 Å². The number of pyridine rings is 2. The Labute approximate surface area is 181 Å². The van der Waals surface area contributed by atoms with Gasteiger partial charge in [-0.25, -0.2) is 14.4 Å². The summed E-state index contributed by atoms with van der Waals surface area (Å²) in [5, 5.41) is 8.41. The highest BCUT2D eigenvalue weighted by molar-refractivity contribution is 5.97. The van der Waals surface area contributed by atoms with Gasteiger partial charge in [0.25, 0.3) is 0 Å². The molecular weight excluding hydrogens is 407 g/mol. The van der Waals surface area contributed by atoms with E-state index in [1.165, 1.54) is 12.1 Å². The monoisotopic (exact) mass is 424 g/mol. The van der Waals surface area contributed by atoms with Crippen molar-refractivity contribution in [2.24, 2.45) is 7.05 Å². The second-order valence-electron chi connectivity index (χ2n) is 7.61. The van der Waals surface area contributed by atoms with Crippen LogP contribution in [-0.2, 0) is 7.05 Å². The standard InChI is InChI=1S/C23H17FN8/c1-12-26-11-20(32(12)2)17-7-15-18(10-27-17)30-31-22(15)23-28-19-9-25-8-16(21(19)29-23)13-3-5-14(24)6-4-13/h3-11H,1-2H3,(H,28,29)(H,30,31). The summed E-state index contributed by atoms with van der Waals surface area (Å²) >= 11 is 0. The van der Waals surface area contributed by atoms with Crippen LogP contribution < -0.4 is 0 Å². The number of hydrogen-bond acceptors (Lipinski definition) is 5. The van der Waals surface area contributed by atoms with E-state index in [2.05, 4.69) is 30.1 Å². The number of rotatable bonds is 3. The molecule has 0 radical (unpaired) electrons. The summed E-state index contributed by atoms with van der Waals surface area (Å²) in [5.74, 6) is 1.24. The molecule has 0 saturated heterocycles. The number of aromatic nitrogens is 8. The maximum absolute atomic E-state index is 13.4. The number of fused-ring (bicyclic) bond motifs is 2. The lowest BCUT2D eigenvalue weighted by molar-refractivity contribution is 0.628. The van der Waals surface area contributed by atoms with Crippen LogP contribution in [0.3, 0.4) is 0 Å². The number of imidazole rings is 2. The van der Waals surface area contributed by atoms with Crippen LogP contribution in [0, 0.1) is 12.7 Å². The fourth-order valence-electron chi connectivity index (χ4n) is 3.86. The van der Waals surface area contributed by atoms with Crippen molar-refractivity contribution in [1.29, 1.82) is 0 Å². The summed E-state index contributed by atoms with van der Waals surface area (Å²) in [6.07, 6.45) is 7.03. The molecule has 5 aromatic heterocycles. The molecule has 0 fully saturated rings. The largest absolute Gasteiger partial charge is 0.335 e. The molecule has 0 aliphatic carbocycles. The molecule has 0 amide bonds. The van der Waals surface area contributed by atoms with E-state index in [0.717, 1.165) is 50.3 Å². The van der Waals surface area contributed by atoms with Crippen LogP contribution in [0.25, 0.3) is 56.0 Å². The van der Waals surface area contributed by atoms with E-state index in [9.17, 15) is 4.39 Å². The molecule has 1 aromatic carbocycles. The van der Waals surface area contributed by atoms with Crippen molar-refractivity contribution in [3.63, 3.8) is 0 Å². The molecule has 9 heteroatoms. The Hall–Kier alpha value is -4.40. The van der Waals surface area contributed by atoms with Crippen LogP contribution in [0.15, 0.2) is 55.1 Å². The van der Waals surface area contributed by atoms with Gasteiger partial charge in [-0.2, -0.15) is 5.10 Å². The average Bonchev–Trinajstić information content (AvgIpc) is 3.50. The molecule has 5 heterocycles. The topological polar surface area (TPSA) is 101 Å². The van der Waals surface area contributed by atoms with Crippen molar-refractivity contribution in [1.82, 2.24) is 39.7 Å². The van der Waals surface area contributed by atoms with E-state index in [0.29, 0.717) is 11.5 Å². The average molecular weight is 424 g/mol. The van der Waals surface area contributed by atoms with Gasteiger partial charge in [0.1, 0.15) is 17.3 Å². The Morgan fingerprint density at radius 2 is 1.81 bits per heavy atom. The summed E-state index contributed by atoms with van der Waals surface area (Å²) in [6, 6.07) is 8.28. The van der Waals surface area contributed by atoms with E-state index in [4.69, 9.17) is 4.98 Å². The zero-order valence-corrected chi connectivity index (χ0v) is 17.3. The highest BCUT2D eigenvalue weighted by Gasteiger charge is 2.17. The number of hydrogen-bond donors (Lipinski definition) is 2. The van der Waals surface area contributed by atoms with Crippen LogP contribution >= 0.6 is 0 Å². The first-order valence-electron chi connectivity index (χ1n) is 10.0. The molecule has 0 spiro atoms. The second-order valence-corrected chi connectivity index (χ2v) is 7.61. The Morgan fingerprint density at radius 3 is 2.59 bits per heavy atom. The molecule has 0 aliphatic heterocycles. The van der Waals surface area contributed by atoms with Gasteiger partial charge in [-0.3, -0.25) is 15.1 Å². The van der Waals surface area contributed by atoms with E-state index in [-0.39, 0.29) is 5.82 Å². The van der Waals surface area contributed by atoms with Gasteiger partial charge in [0.2, 0.25) is 0 Å². The van der Waals surface area contributed by atoms with Gasteiger partial charge in [-0.1, -0.05) is 12.1 Å². The minimum atomic E-state index is -0.285. The normalized spacial score (nSPS) is 11.6. The van der Waals surface area contributed by atoms with E-state index in [1.54, 1.807) is 30.7 Å². The fourth-order valence-corrected chi connectivity index (χ4v) is 3.86.